The van der Waals surface area contributed by atoms with Gasteiger partial charge in [0.1, 0.15) is 18.2 Å². The van der Waals surface area contributed by atoms with E-state index in [2.05, 4.69) is 53.0 Å². The third kappa shape index (κ3) is 8.48. The first-order chi connectivity index (χ1) is 22.7. The number of anilines is 2. The Balaban J connectivity index is 0.000000371. The summed E-state index contributed by atoms with van der Waals surface area (Å²) in [6, 6.07) is 16.7. The van der Waals surface area contributed by atoms with Crippen molar-refractivity contribution in [3.05, 3.63) is 95.7 Å². The number of amides is 2. The number of phenols is 1. The topological polar surface area (TPSA) is 136 Å². The van der Waals surface area contributed by atoms with E-state index in [9.17, 15) is 14.4 Å². The highest BCUT2D eigenvalue weighted by molar-refractivity contribution is 5.91. The molecule has 1 aromatic heterocycles. The second-order valence-electron chi connectivity index (χ2n) is 12.1. The molecule has 2 fully saturated rings. The average Bonchev–Trinajstić information content (AvgIpc) is 3.92. The molecule has 0 spiro atoms. The summed E-state index contributed by atoms with van der Waals surface area (Å²) >= 11 is 0. The van der Waals surface area contributed by atoms with E-state index in [1.54, 1.807) is 11.1 Å². The van der Waals surface area contributed by atoms with Gasteiger partial charge in [0.2, 0.25) is 5.91 Å². The Kier molecular flexibility index (Phi) is 10.8. The minimum absolute atomic E-state index is 0.0278. The molecule has 3 aromatic rings. The lowest BCUT2D eigenvalue weighted by Crippen LogP contribution is -2.49. The number of carboxylic acids is 1. The van der Waals surface area contributed by atoms with Gasteiger partial charge in [0.15, 0.2) is 0 Å². The number of fused-ring (bicyclic) bond motifs is 1. The van der Waals surface area contributed by atoms with Crippen LogP contribution in [0.15, 0.2) is 73.4 Å². The molecule has 11 heteroatoms. The molecule has 11 nitrogen and oxygen atoms in total. The van der Waals surface area contributed by atoms with Crippen LogP contribution in [0.1, 0.15) is 72.2 Å². The summed E-state index contributed by atoms with van der Waals surface area (Å²) in [5.74, 6) is 0.667. The maximum absolute atomic E-state index is 12.1. The summed E-state index contributed by atoms with van der Waals surface area (Å²) in [4.78, 5) is 45.0. The SMILES string of the molecule is C=CC(=O)N1CCN(C(CC2CC2)c2ccc([C@H](C)Nc3cc4c(cn3)COC(=O)N4CC)cc2)CC1.O=C(O)c1ccc(O)cc1. The van der Waals surface area contributed by atoms with Gasteiger partial charge in [-0.2, -0.15) is 0 Å². The standard InChI is InChI=1S/C29H37N5O3.C7H6O3/c1-4-28(35)33-14-12-32(13-15-33)25(16-21-6-7-21)23-10-8-22(9-11-23)20(3)31-27-17-26-24(18-30-27)19-37-29(36)34(26)5-2;8-6-3-1-5(2-4-6)7(9)10/h4,8-11,17-18,20-21,25H,1,5-7,12-16,19H2,2-3H3,(H,30,31);1-4,8H,(H,9,10)/t20-,25?;/m0./s1. The Bertz CT molecular complexity index is 1570. The van der Waals surface area contributed by atoms with E-state index in [0.717, 1.165) is 49.2 Å². The van der Waals surface area contributed by atoms with Crippen molar-refractivity contribution < 1.29 is 29.3 Å². The van der Waals surface area contributed by atoms with Crippen LogP contribution >= 0.6 is 0 Å². The number of carboxylic acid groups (broad SMARTS) is 1. The number of nitrogens with zero attached hydrogens (tertiary/aromatic N) is 4. The van der Waals surface area contributed by atoms with Gasteiger partial charge in [0.05, 0.1) is 11.3 Å². The lowest BCUT2D eigenvalue weighted by atomic mass is 9.96. The van der Waals surface area contributed by atoms with Crippen LogP contribution in [0, 0.1) is 5.92 Å². The number of aromatic nitrogens is 1. The number of aromatic hydroxyl groups is 1. The summed E-state index contributed by atoms with van der Waals surface area (Å²) in [7, 11) is 0. The number of hydrogen-bond donors (Lipinski definition) is 3. The Morgan fingerprint density at radius 3 is 2.32 bits per heavy atom. The number of carbonyl (C=O) groups excluding carboxylic acids is 2. The normalized spacial score (nSPS) is 17.4. The van der Waals surface area contributed by atoms with Crippen LogP contribution < -0.4 is 10.2 Å². The fourth-order valence-electron chi connectivity index (χ4n) is 5.99. The van der Waals surface area contributed by atoms with Crippen molar-refractivity contribution in [3.8, 4) is 5.75 Å². The average molecular weight is 642 g/mol. The third-order valence-electron chi connectivity index (χ3n) is 8.94. The molecule has 3 heterocycles. The zero-order valence-corrected chi connectivity index (χ0v) is 27.0. The second kappa shape index (κ2) is 15.1. The summed E-state index contributed by atoms with van der Waals surface area (Å²) in [6.07, 6.45) is 6.71. The largest absolute Gasteiger partial charge is 0.508 e. The molecule has 2 aromatic carbocycles. The van der Waals surface area contributed by atoms with E-state index >= 15 is 0 Å². The summed E-state index contributed by atoms with van der Waals surface area (Å²) in [6.45, 7) is 11.8. The van der Waals surface area contributed by atoms with Crippen molar-refractivity contribution in [2.24, 2.45) is 5.92 Å². The molecular formula is C36H43N5O6. The minimum atomic E-state index is -0.986. The molecule has 3 aliphatic rings. The molecule has 1 saturated heterocycles. The van der Waals surface area contributed by atoms with Gasteiger partial charge in [-0.15, -0.1) is 0 Å². The molecule has 1 saturated carbocycles. The van der Waals surface area contributed by atoms with Crippen molar-refractivity contribution >= 4 is 29.5 Å². The van der Waals surface area contributed by atoms with Crippen molar-refractivity contribution in [1.82, 2.24) is 14.8 Å². The smallest absolute Gasteiger partial charge is 0.414 e. The Labute approximate surface area is 275 Å². The molecule has 6 rings (SSSR count). The quantitative estimate of drug-likeness (QED) is 0.228. The number of carbonyl (C=O) groups is 3. The highest BCUT2D eigenvalue weighted by atomic mass is 16.6. The van der Waals surface area contributed by atoms with Gasteiger partial charge in [0.25, 0.3) is 0 Å². The van der Waals surface area contributed by atoms with Gasteiger partial charge < -0.3 is 25.2 Å². The van der Waals surface area contributed by atoms with Crippen LogP contribution in [0.2, 0.25) is 0 Å². The molecule has 0 radical (unpaired) electrons. The molecule has 1 unspecified atom stereocenters. The maximum atomic E-state index is 12.1. The fraction of sp³-hybridized carbons (Fsp3) is 0.389. The Morgan fingerprint density at radius 1 is 1.06 bits per heavy atom. The molecular weight excluding hydrogens is 598 g/mol. The van der Waals surface area contributed by atoms with Gasteiger partial charge >= 0.3 is 12.1 Å². The Hall–Kier alpha value is -4.90. The molecule has 0 bridgehead atoms. The van der Waals surface area contributed by atoms with Crippen molar-refractivity contribution in [3.63, 3.8) is 0 Å². The van der Waals surface area contributed by atoms with Gasteiger partial charge in [-0.3, -0.25) is 14.6 Å². The number of phenolic OH excluding ortho intramolecular Hbond substituents is 1. The number of cyclic esters (lactones) is 1. The van der Waals surface area contributed by atoms with E-state index < -0.39 is 5.97 Å². The lowest BCUT2D eigenvalue weighted by molar-refractivity contribution is -0.128. The number of pyridine rings is 1. The molecule has 2 atom stereocenters. The predicted molar refractivity (Wildman–Crippen MR) is 179 cm³/mol. The number of aromatic carboxylic acids is 1. The van der Waals surface area contributed by atoms with Crippen LogP contribution in [0.3, 0.4) is 0 Å². The van der Waals surface area contributed by atoms with Gasteiger partial charge in [-0.1, -0.05) is 43.7 Å². The van der Waals surface area contributed by atoms with E-state index in [0.29, 0.717) is 12.6 Å². The summed E-state index contributed by atoms with van der Waals surface area (Å²) in [5.41, 5.74) is 4.48. The monoisotopic (exact) mass is 641 g/mol. The molecule has 3 N–H and O–H groups in total. The maximum Gasteiger partial charge on any atom is 0.414 e. The predicted octanol–water partition coefficient (Wildman–Crippen LogP) is 5.99. The number of piperazine rings is 1. The van der Waals surface area contributed by atoms with E-state index in [1.165, 1.54) is 60.7 Å². The minimum Gasteiger partial charge on any atom is -0.508 e. The zero-order valence-electron chi connectivity index (χ0n) is 27.0. The number of ether oxygens (including phenoxy) is 1. The molecule has 47 heavy (non-hydrogen) atoms. The van der Waals surface area contributed by atoms with Gasteiger partial charge in [0, 0.05) is 62.6 Å². The van der Waals surface area contributed by atoms with Crippen LogP contribution in [0.4, 0.5) is 16.3 Å². The first-order valence-electron chi connectivity index (χ1n) is 16.1. The number of benzene rings is 2. The van der Waals surface area contributed by atoms with Crippen LogP contribution in [-0.4, -0.2) is 75.7 Å². The number of rotatable bonds is 10. The molecule has 2 amide bonds. The summed E-state index contributed by atoms with van der Waals surface area (Å²) < 4.78 is 5.22. The van der Waals surface area contributed by atoms with E-state index in [1.807, 2.05) is 17.9 Å². The van der Waals surface area contributed by atoms with Gasteiger partial charge in [-0.05, 0) is 67.7 Å². The highest BCUT2D eigenvalue weighted by Gasteiger charge is 2.32. The van der Waals surface area contributed by atoms with Crippen molar-refractivity contribution in [2.75, 3.05) is 42.9 Å². The summed E-state index contributed by atoms with van der Waals surface area (Å²) in [5, 5.41) is 20.6. The Morgan fingerprint density at radius 2 is 1.72 bits per heavy atom. The molecule has 2 aliphatic heterocycles. The lowest BCUT2D eigenvalue weighted by Gasteiger charge is -2.39. The molecule has 248 valence electrons. The molecule has 1 aliphatic carbocycles. The fourth-order valence-corrected chi connectivity index (χ4v) is 5.99. The van der Waals surface area contributed by atoms with E-state index in [4.69, 9.17) is 14.9 Å². The van der Waals surface area contributed by atoms with Crippen molar-refractivity contribution in [1.29, 1.82) is 0 Å². The van der Waals surface area contributed by atoms with E-state index in [-0.39, 0.29) is 36.0 Å². The third-order valence-corrected chi connectivity index (χ3v) is 8.94. The first-order valence-corrected chi connectivity index (χ1v) is 16.1. The second-order valence-corrected chi connectivity index (χ2v) is 12.1. The number of nitrogens with one attached hydrogen (secondary N) is 1. The number of hydrogen-bond acceptors (Lipinski definition) is 8. The highest BCUT2D eigenvalue weighted by Crippen LogP contribution is 2.40. The first kappa shape index (κ1) is 33.5. The van der Waals surface area contributed by atoms with Crippen LogP contribution in [-0.2, 0) is 16.1 Å². The van der Waals surface area contributed by atoms with Crippen LogP contribution in [0.25, 0.3) is 0 Å². The van der Waals surface area contributed by atoms with Gasteiger partial charge in [-0.25, -0.2) is 14.6 Å². The van der Waals surface area contributed by atoms with Crippen molar-refractivity contribution in [2.45, 2.75) is 51.8 Å². The van der Waals surface area contributed by atoms with Crippen LogP contribution in [0.5, 0.6) is 5.75 Å². The zero-order chi connectivity index (χ0) is 33.5.